The van der Waals surface area contributed by atoms with E-state index in [0.717, 1.165) is 22.5 Å². The lowest BCUT2D eigenvalue weighted by Crippen LogP contribution is -2.37. The highest BCUT2D eigenvalue weighted by molar-refractivity contribution is 7.91. The number of rotatable bonds is 2. The van der Waals surface area contributed by atoms with Crippen LogP contribution < -0.4 is 9.80 Å². The predicted molar refractivity (Wildman–Crippen MR) is 98.9 cm³/mol. The summed E-state index contributed by atoms with van der Waals surface area (Å²) in [5.41, 5.74) is 3.69. The third kappa shape index (κ3) is 2.70. The first kappa shape index (κ1) is 16.1. The topological polar surface area (TPSA) is 57.7 Å². The van der Waals surface area contributed by atoms with E-state index in [1.165, 1.54) is 0 Å². The molecule has 2 aromatic rings. The van der Waals surface area contributed by atoms with Crippen molar-refractivity contribution in [1.29, 1.82) is 0 Å². The Bertz CT molecular complexity index is 851. The standard InChI is InChI=1S/C19H20N2O3S/c1-13-3-7-15(8-4-13)20-17-11-25(23,24)12-18(17)21(19(20)22)16-9-5-14(2)6-10-16/h3-10,17-18H,11-12H2,1-2H3/t17-,18-/m0/s1. The van der Waals surface area contributed by atoms with Crippen molar-refractivity contribution in [3.05, 3.63) is 59.7 Å². The molecule has 2 heterocycles. The van der Waals surface area contributed by atoms with E-state index in [9.17, 15) is 13.2 Å². The fraction of sp³-hybridized carbons (Fsp3) is 0.316. The third-order valence-electron chi connectivity index (χ3n) is 4.99. The predicted octanol–water partition coefficient (Wildman–Crippen LogP) is 2.92. The van der Waals surface area contributed by atoms with Crippen LogP contribution in [0.1, 0.15) is 11.1 Å². The number of carbonyl (C=O) groups excluding carboxylic acids is 1. The second kappa shape index (κ2) is 5.59. The maximum absolute atomic E-state index is 13.2. The molecule has 0 aromatic heterocycles. The number of aryl methyl sites for hydroxylation is 2. The van der Waals surface area contributed by atoms with E-state index in [1.807, 2.05) is 62.4 Å². The van der Waals surface area contributed by atoms with Crippen molar-refractivity contribution >= 4 is 27.2 Å². The number of carbonyl (C=O) groups is 1. The van der Waals surface area contributed by atoms with Gasteiger partial charge in [0, 0.05) is 11.4 Å². The van der Waals surface area contributed by atoms with Gasteiger partial charge in [-0.1, -0.05) is 35.4 Å². The number of hydrogen-bond acceptors (Lipinski definition) is 3. The summed E-state index contributed by atoms with van der Waals surface area (Å²) in [4.78, 5) is 16.5. The monoisotopic (exact) mass is 356 g/mol. The summed E-state index contributed by atoms with van der Waals surface area (Å²) in [7, 11) is -3.16. The molecule has 2 amide bonds. The highest BCUT2D eigenvalue weighted by atomic mass is 32.2. The van der Waals surface area contributed by atoms with Crippen molar-refractivity contribution in [2.24, 2.45) is 0 Å². The molecule has 2 atom stereocenters. The molecule has 6 heteroatoms. The lowest BCUT2D eigenvalue weighted by molar-refractivity contribution is 0.255. The number of benzene rings is 2. The van der Waals surface area contributed by atoms with Crippen LogP contribution in [0.15, 0.2) is 48.5 Å². The largest absolute Gasteiger partial charge is 0.329 e. The van der Waals surface area contributed by atoms with E-state index in [2.05, 4.69) is 0 Å². The first-order valence-electron chi connectivity index (χ1n) is 8.32. The van der Waals surface area contributed by atoms with Crippen LogP contribution in [0.4, 0.5) is 16.2 Å². The second-order valence-electron chi connectivity index (χ2n) is 6.91. The van der Waals surface area contributed by atoms with Crippen LogP contribution in [0.5, 0.6) is 0 Å². The van der Waals surface area contributed by atoms with Gasteiger partial charge < -0.3 is 0 Å². The van der Waals surface area contributed by atoms with Gasteiger partial charge in [-0.25, -0.2) is 13.2 Å². The van der Waals surface area contributed by atoms with Crippen molar-refractivity contribution in [3.8, 4) is 0 Å². The van der Waals surface area contributed by atoms with Gasteiger partial charge >= 0.3 is 6.03 Å². The number of amides is 2. The highest BCUT2D eigenvalue weighted by Gasteiger charge is 2.54. The van der Waals surface area contributed by atoms with Gasteiger partial charge in [0.2, 0.25) is 0 Å². The van der Waals surface area contributed by atoms with E-state index in [4.69, 9.17) is 0 Å². The van der Waals surface area contributed by atoms with E-state index < -0.39 is 9.84 Å². The van der Waals surface area contributed by atoms with Crippen molar-refractivity contribution in [3.63, 3.8) is 0 Å². The molecule has 0 unspecified atom stereocenters. The molecule has 2 saturated heterocycles. The summed E-state index contributed by atoms with van der Waals surface area (Å²) in [6.45, 7) is 3.97. The SMILES string of the molecule is Cc1ccc(N2C(=O)N(c3ccc(C)cc3)[C@H]3CS(=O)(=O)C[C@@H]32)cc1. The molecular formula is C19H20N2O3S. The van der Waals surface area contributed by atoms with Crippen molar-refractivity contribution in [2.75, 3.05) is 21.3 Å². The van der Waals surface area contributed by atoms with Crippen molar-refractivity contribution in [2.45, 2.75) is 25.9 Å². The van der Waals surface area contributed by atoms with Crippen LogP contribution in [-0.2, 0) is 9.84 Å². The van der Waals surface area contributed by atoms with Crippen LogP contribution in [-0.4, -0.2) is 38.0 Å². The van der Waals surface area contributed by atoms with Gasteiger partial charge in [0.05, 0.1) is 23.6 Å². The van der Waals surface area contributed by atoms with Crippen LogP contribution in [0.2, 0.25) is 0 Å². The second-order valence-corrected chi connectivity index (χ2v) is 9.06. The Hall–Kier alpha value is -2.34. The molecule has 2 aliphatic heterocycles. The molecule has 5 nitrogen and oxygen atoms in total. The minimum absolute atomic E-state index is 0.0135. The van der Waals surface area contributed by atoms with Gasteiger partial charge in [0.15, 0.2) is 9.84 Å². The quantitative estimate of drug-likeness (QED) is 0.778. The third-order valence-corrected chi connectivity index (χ3v) is 6.69. The van der Waals surface area contributed by atoms with Gasteiger partial charge in [-0.05, 0) is 38.1 Å². The molecule has 0 radical (unpaired) electrons. The minimum Gasteiger partial charge on any atom is -0.288 e. The Morgan fingerprint density at radius 1 is 0.760 bits per heavy atom. The lowest BCUT2D eigenvalue weighted by atomic mass is 10.1. The number of hydrogen-bond donors (Lipinski definition) is 0. The molecular weight excluding hydrogens is 336 g/mol. The maximum Gasteiger partial charge on any atom is 0.329 e. The van der Waals surface area contributed by atoms with Crippen LogP contribution in [0.25, 0.3) is 0 Å². The molecule has 2 aliphatic rings. The fourth-order valence-corrected chi connectivity index (χ4v) is 5.64. The average Bonchev–Trinajstić information content (AvgIpc) is 2.99. The number of sulfone groups is 1. The zero-order valence-electron chi connectivity index (χ0n) is 14.2. The van der Waals surface area contributed by atoms with Gasteiger partial charge in [0.25, 0.3) is 0 Å². The number of fused-ring (bicyclic) bond motifs is 1. The molecule has 0 bridgehead atoms. The Balaban J connectivity index is 1.79. The number of nitrogens with zero attached hydrogens (tertiary/aromatic N) is 2. The molecule has 0 N–H and O–H groups in total. The highest BCUT2D eigenvalue weighted by Crippen LogP contribution is 2.37. The Labute approximate surface area is 147 Å². The Morgan fingerprint density at radius 3 is 1.48 bits per heavy atom. The molecule has 0 spiro atoms. The van der Waals surface area contributed by atoms with Gasteiger partial charge in [-0.2, -0.15) is 0 Å². The van der Waals surface area contributed by atoms with Crippen molar-refractivity contribution in [1.82, 2.24) is 0 Å². The number of urea groups is 1. The van der Waals surface area contributed by atoms with E-state index in [-0.39, 0.29) is 29.6 Å². The van der Waals surface area contributed by atoms with Crippen LogP contribution >= 0.6 is 0 Å². The molecule has 2 fully saturated rings. The van der Waals surface area contributed by atoms with Crippen LogP contribution in [0, 0.1) is 13.8 Å². The van der Waals surface area contributed by atoms with Crippen molar-refractivity contribution < 1.29 is 13.2 Å². The summed E-state index contributed by atoms with van der Waals surface area (Å²) in [6, 6.07) is 14.4. The normalized spacial score (nSPS) is 24.6. The van der Waals surface area contributed by atoms with Crippen LogP contribution in [0.3, 0.4) is 0 Å². The zero-order chi connectivity index (χ0) is 17.8. The van der Waals surface area contributed by atoms with Gasteiger partial charge in [-0.15, -0.1) is 0 Å². The summed E-state index contributed by atoms with van der Waals surface area (Å²) in [5.74, 6) is 0.0271. The molecule has 130 valence electrons. The summed E-state index contributed by atoms with van der Waals surface area (Å²) < 4.78 is 24.5. The van der Waals surface area contributed by atoms with Gasteiger partial charge in [-0.3, -0.25) is 9.80 Å². The van der Waals surface area contributed by atoms with E-state index >= 15 is 0 Å². The maximum atomic E-state index is 13.2. The molecule has 0 aliphatic carbocycles. The number of anilines is 2. The smallest absolute Gasteiger partial charge is 0.288 e. The Morgan fingerprint density at radius 2 is 1.12 bits per heavy atom. The van der Waals surface area contributed by atoms with E-state index in [0.29, 0.717) is 0 Å². The Kier molecular flexibility index (Phi) is 3.61. The minimum atomic E-state index is -3.16. The summed E-state index contributed by atoms with van der Waals surface area (Å²) in [6.07, 6.45) is 0. The van der Waals surface area contributed by atoms with Gasteiger partial charge in [0.1, 0.15) is 0 Å². The zero-order valence-corrected chi connectivity index (χ0v) is 15.0. The van der Waals surface area contributed by atoms with E-state index in [1.54, 1.807) is 9.80 Å². The first-order valence-corrected chi connectivity index (χ1v) is 10.1. The molecule has 0 saturated carbocycles. The molecule has 4 rings (SSSR count). The lowest BCUT2D eigenvalue weighted by Gasteiger charge is -2.23. The average molecular weight is 356 g/mol. The fourth-order valence-electron chi connectivity index (χ4n) is 3.72. The summed E-state index contributed by atoms with van der Waals surface area (Å²) >= 11 is 0. The molecule has 2 aromatic carbocycles. The summed E-state index contributed by atoms with van der Waals surface area (Å²) in [5, 5.41) is 0. The first-order chi connectivity index (χ1) is 11.9. The molecule has 25 heavy (non-hydrogen) atoms.